The van der Waals surface area contributed by atoms with Crippen LogP contribution in [0.25, 0.3) is 0 Å². The zero-order valence-corrected chi connectivity index (χ0v) is 10.1. The number of hydrogen-bond donors (Lipinski definition) is 2. The Kier molecular flexibility index (Phi) is 3.93. The highest BCUT2D eigenvalue weighted by Gasteiger charge is 2.13. The molecule has 0 aliphatic carbocycles. The van der Waals surface area contributed by atoms with Crippen LogP contribution >= 0.6 is 0 Å². The van der Waals surface area contributed by atoms with Crippen LogP contribution in [0.1, 0.15) is 32.8 Å². The van der Waals surface area contributed by atoms with Crippen molar-refractivity contribution in [3.63, 3.8) is 0 Å². The highest BCUT2D eigenvalue weighted by Crippen LogP contribution is 2.11. The molecule has 0 bridgehead atoms. The summed E-state index contributed by atoms with van der Waals surface area (Å²) in [5, 5.41) is 12.0. The van der Waals surface area contributed by atoms with Gasteiger partial charge in [-0.05, 0) is 44.9 Å². The molecule has 0 spiro atoms. The molecule has 3 heteroatoms. The van der Waals surface area contributed by atoms with Crippen LogP contribution in [0.4, 0.5) is 0 Å². The van der Waals surface area contributed by atoms with Gasteiger partial charge >= 0.3 is 0 Å². The van der Waals surface area contributed by atoms with Crippen molar-refractivity contribution < 1.29 is 9.90 Å². The molecule has 0 fully saturated rings. The van der Waals surface area contributed by atoms with Gasteiger partial charge in [-0.1, -0.05) is 12.1 Å². The molecule has 0 aliphatic rings. The molecule has 0 saturated carbocycles. The van der Waals surface area contributed by atoms with E-state index < -0.39 is 0 Å². The maximum atomic E-state index is 11.5. The Labute approximate surface area is 96.5 Å². The maximum absolute atomic E-state index is 11.5. The van der Waals surface area contributed by atoms with Crippen molar-refractivity contribution in [3.8, 4) is 5.75 Å². The summed E-state index contributed by atoms with van der Waals surface area (Å²) in [6.07, 6.45) is 1.17. The van der Waals surface area contributed by atoms with Gasteiger partial charge in [0.05, 0.1) is 0 Å². The summed E-state index contributed by atoms with van der Waals surface area (Å²) in [6, 6.07) is 6.94. The van der Waals surface area contributed by atoms with E-state index >= 15 is 0 Å². The molecular formula is C13H19NO2. The zero-order chi connectivity index (χ0) is 12.2. The second-order valence-electron chi connectivity index (χ2n) is 4.96. The average molecular weight is 221 g/mol. The largest absolute Gasteiger partial charge is 0.508 e. The predicted molar refractivity (Wildman–Crippen MR) is 64.3 cm³/mol. The van der Waals surface area contributed by atoms with Gasteiger partial charge in [0.1, 0.15) is 5.75 Å². The Morgan fingerprint density at radius 1 is 1.25 bits per heavy atom. The molecule has 0 aliphatic heterocycles. The summed E-state index contributed by atoms with van der Waals surface area (Å²) in [5.41, 5.74) is 0.883. The molecule has 16 heavy (non-hydrogen) atoms. The topological polar surface area (TPSA) is 49.3 Å². The average Bonchev–Trinajstić information content (AvgIpc) is 2.14. The fourth-order valence-electron chi connectivity index (χ4n) is 1.40. The third-order valence-corrected chi connectivity index (χ3v) is 2.09. The van der Waals surface area contributed by atoms with Gasteiger partial charge in [-0.25, -0.2) is 0 Å². The fourth-order valence-corrected chi connectivity index (χ4v) is 1.40. The molecule has 1 aromatic carbocycles. The highest BCUT2D eigenvalue weighted by atomic mass is 16.3. The summed E-state index contributed by atoms with van der Waals surface area (Å²) in [4.78, 5) is 11.5. The molecular weight excluding hydrogens is 202 g/mol. The Morgan fingerprint density at radius 2 is 1.81 bits per heavy atom. The van der Waals surface area contributed by atoms with Crippen molar-refractivity contribution in [1.82, 2.24) is 5.32 Å². The van der Waals surface area contributed by atoms with Gasteiger partial charge in [-0.3, -0.25) is 4.79 Å². The lowest BCUT2D eigenvalue weighted by molar-refractivity contribution is -0.122. The number of benzene rings is 1. The van der Waals surface area contributed by atoms with Crippen molar-refractivity contribution in [2.45, 2.75) is 39.2 Å². The molecule has 0 saturated heterocycles. The quantitative estimate of drug-likeness (QED) is 0.822. The molecule has 1 amide bonds. The molecule has 0 aromatic heterocycles. The Hall–Kier alpha value is -1.51. The van der Waals surface area contributed by atoms with Gasteiger partial charge in [-0.15, -0.1) is 0 Å². The van der Waals surface area contributed by atoms with E-state index in [2.05, 4.69) is 5.32 Å². The Bertz CT molecular complexity index is 349. The number of nitrogens with one attached hydrogen (secondary N) is 1. The first-order chi connectivity index (χ1) is 7.37. The fraction of sp³-hybridized carbons (Fsp3) is 0.462. The summed E-state index contributed by atoms with van der Waals surface area (Å²) in [7, 11) is 0. The smallest absolute Gasteiger partial charge is 0.220 e. The highest BCUT2D eigenvalue weighted by molar-refractivity contribution is 5.76. The van der Waals surface area contributed by atoms with Gasteiger partial charge in [0.15, 0.2) is 0 Å². The molecule has 3 nitrogen and oxygen atoms in total. The number of hydrogen-bond acceptors (Lipinski definition) is 2. The van der Waals surface area contributed by atoms with Crippen LogP contribution in [0.5, 0.6) is 5.75 Å². The SMILES string of the molecule is CC(C)(C)NC(=O)CCc1ccc(O)cc1. The van der Waals surface area contributed by atoms with Crippen molar-refractivity contribution in [2.24, 2.45) is 0 Å². The van der Waals surface area contributed by atoms with E-state index in [0.717, 1.165) is 5.56 Å². The molecule has 0 unspecified atom stereocenters. The lowest BCUT2D eigenvalue weighted by Gasteiger charge is -2.20. The molecule has 0 radical (unpaired) electrons. The van der Waals surface area contributed by atoms with Crippen molar-refractivity contribution in [1.29, 1.82) is 0 Å². The van der Waals surface area contributed by atoms with Crippen molar-refractivity contribution in [3.05, 3.63) is 29.8 Å². The number of aryl methyl sites for hydroxylation is 1. The van der Waals surface area contributed by atoms with Crippen LogP contribution in [0.3, 0.4) is 0 Å². The molecule has 0 atom stereocenters. The van der Waals surface area contributed by atoms with Crippen LogP contribution in [0, 0.1) is 0 Å². The van der Waals surface area contributed by atoms with Crippen LogP contribution in [-0.4, -0.2) is 16.6 Å². The number of amides is 1. The van der Waals surface area contributed by atoms with E-state index in [1.54, 1.807) is 12.1 Å². The third kappa shape index (κ3) is 4.82. The van der Waals surface area contributed by atoms with Crippen LogP contribution < -0.4 is 5.32 Å². The second-order valence-corrected chi connectivity index (χ2v) is 4.96. The first-order valence-electron chi connectivity index (χ1n) is 5.46. The molecule has 88 valence electrons. The second kappa shape index (κ2) is 5.01. The molecule has 1 rings (SSSR count). The minimum absolute atomic E-state index is 0.0561. The van der Waals surface area contributed by atoms with Gasteiger partial charge in [-0.2, -0.15) is 0 Å². The van der Waals surface area contributed by atoms with E-state index in [4.69, 9.17) is 5.11 Å². The molecule has 0 heterocycles. The van der Waals surface area contributed by atoms with Crippen molar-refractivity contribution >= 4 is 5.91 Å². The lowest BCUT2D eigenvalue weighted by Crippen LogP contribution is -2.40. The third-order valence-electron chi connectivity index (χ3n) is 2.09. The summed E-state index contributed by atoms with van der Waals surface area (Å²) in [5.74, 6) is 0.309. The van der Waals surface area contributed by atoms with Gasteiger partial charge in [0.25, 0.3) is 0 Å². The Balaban J connectivity index is 2.40. The van der Waals surface area contributed by atoms with Crippen LogP contribution in [0.15, 0.2) is 24.3 Å². The first-order valence-corrected chi connectivity index (χ1v) is 5.46. The van der Waals surface area contributed by atoms with E-state index in [0.29, 0.717) is 12.8 Å². The predicted octanol–water partition coefficient (Wildman–Crippen LogP) is 2.24. The van der Waals surface area contributed by atoms with Gasteiger partial charge < -0.3 is 10.4 Å². The minimum Gasteiger partial charge on any atom is -0.508 e. The summed E-state index contributed by atoms with van der Waals surface area (Å²) >= 11 is 0. The minimum atomic E-state index is -0.175. The van der Waals surface area contributed by atoms with E-state index in [1.807, 2.05) is 32.9 Å². The van der Waals surface area contributed by atoms with E-state index in [1.165, 1.54) is 0 Å². The number of phenols is 1. The summed E-state index contributed by atoms with van der Waals surface area (Å²) < 4.78 is 0. The number of phenolic OH excluding ortho intramolecular Hbond substituents is 1. The van der Waals surface area contributed by atoms with Crippen molar-refractivity contribution in [2.75, 3.05) is 0 Å². The van der Waals surface area contributed by atoms with Crippen LogP contribution in [-0.2, 0) is 11.2 Å². The summed E-state index contributed by atoms with van der Waals surface area (Å²) in [6.45, 7) is 5.89. The maximum Gasteiger partial charge on any atom is 0.220 e. The number of carbonyl (C=O) groups is 1. The standard InChI is InChI=1S/C13H19NO2/c1-13(2,3)14-12(16)9-6-10-4-7-11(15)8-5-10/h4-5,7-8,15H,6,9H2,1-3H3,(H,14,16). The lowest BCUT2D eigenvalue weighted by atomic mass is 10.1. The monoisotopic (exact) mass is 221 g/mol. The Morgan fingerprint density at radius 3 is 2.31 bits per heavy atom. The number of rotatable bonds is 3. The number of aromatic hydroxyl groups is 1. The molecule has 2 N–H and O–H groups in total. The first kappa shape index (κ1) is 12.6. The van der Waals surface area contributed by atoms with Crippen LogP contribution in [0.2, 0.25) is 0 Å². The number of carbonyl (C=O) groups excluding carboxylic acids is 1. The normalized spacial score (nSPS) is 11.2. The zero-order valence-electron chi connectivity index (χ0n) is 10.1. The van der Waals surface area contributed by atoms with Gasteiger partial charge in [0.2, 0.25) is 5.91 Å². The van der Waals surface area contributed by atoms with E-state index in [9.17, 15) is 4.79 Å². The van der Waals surface area contributed by atoms with Gasteiger partial charge in [0, 0.05) is 12.0 Å². The van der Waals surface area contributed by atoms with E-state index in [-0.39, 0.29) is 17.2 Å². The molecule has 1 aromatic rings.